The Bertz CT molecular complexity index is 556. The summed E-state index contributed by atoms with van der Waals surface area (Å²) in [5.41, 5.74) is 0.898. The van der Waals surface area contributed by atoms with Crippen molar-refractivity contribution in [3.63, 3.8) is 0 Å². The third-order valence-electron chi connectivity index (χ3n) is 3.20. The van der Waals surface area contributed by atoms with E-state index in [1.165, 1.54) is 6.33 Å². The topological polar surface area (TPSA) is 77.8 Å². The fraction of sp³-hybridized carbons (Fsp3) is 0.571. The fourth-order valence-electron chi connectivity index (χ4n) is 2.21. The summed E-state index contributed by atoms with van der Waals surface area (Å²) < 4.78 is 7.12. The van der Waals surface area contributed by atoms with E-state index in [1.54, 1.807) is 13.4 Å². The summed E-state index contributed by atoms with van der Waals surface area (Å²) in [5.74, 6) is 1.53. The van der Waals surface area contributed by atoms with Gasteiger partial charge in [-0.25, -0.2) is 15.0 Å². The molecule has 2 rings (SSSR count). The van der Waals surface area contributed by atoms with E-state index in [2.05, 4.69) is 39.2 Å². The number of aryl methyl sites for hydroxylation is 1. The van der Waals surface area contributed by atoms with Crippen molar-refractivity contribution in [1.29, 1.82) is 0 Å². The summed E-state index contributed by atoms with van der Waals surface area (Å²) in [6.45, 7) is 5.92. The molecule has 0 radical (unpaired) electrons. The van der Waals surface area contributed by atoms with Crippen LogP contribution in [0, 0.1) is 0 Å². The number of likely N-dealkylation sites (N-methyl/N-ethyl adjacent to an activating group) is 1. The van der Waals surface area contributed by atoms with Crippen LogP contribution in [0.25, 0.3) is 0 Å². The minimum Gasteiger partial charge on any atom is -0.481 e. The molecule has 0 aliphatic heterocycles. The number of nitrogens with one attached hydrogen (secondary N) is 1. The van der Waals surface area contributed by atoms with Gasteiger partial charge in [0.1, 0.15) is 18.5 Å². The van der Waals surface area contributed by atoms with Crippen molar-refractivity contribution in [3.05, 3.63) is 30.2 Å². The molecule has 0 aliphatic rings. The monoisotopic (exact) mass is 290 g/mol. The first-order valence-electron chi connectivity index (χ1n) is 7.24. The summed E-state index contributed by atoms with van der Waals surface area (Å²) >= 11 is 0. The highest BCUT2D eigenvalue weighted by Gasteiger charge is 2.17. The van der Waals surface area contributed by atoms with Crippen molar-refractivity contribution >= 4 is 0 Å². The molecule has 7 heteroatoms. The van der Waals surface area contributed by atoms with Gasteiger partial charge < -0.3 is 10.1 Å². The molecule has 0 aromatic carbocycles. The molecule has 2 aromatic rings. The van der Waals surface area contributed by atoms with Gasteiger partial charge in [-0.3, -0.25) is 4.68 Å². The first-order valence-corrected chi connectivity index (χ1v) is 7.24. The molecular formula is C14H22N6O. The molecule has 7 nitrogen and oxygen atoms in total. The molecule has 0 spiro atoms. The molecule has 2 heterocycles. The quantitative estimate of drug-likeness (QED) is 0.791. The van der Waals surface area contributed by atoms with Crippen LogP contribution in [0.15, 0.2) is 18.7 Å². The summed E-state index contributed by atoms with van der Waals surface area (Å²) in [6.07, 6.45) is 4.89. The first kappa shape index (κ1) is 15.4. The van der Waals surface area contributed by atoms with E-state index in [4.69, 9.17) is 4.74 Å². The fourth-order valence-corrected chi connectivity index (χ4v) is 2.21. The van der Waals surface area contributed by atoms with Crippen LogP contribution >= 0.6 is 0 Å². The third kappa shape index (κ3) is 3.98. The molecule has 114 valence electrons. The van der Waals surface area contributed by atoms with Gasteiger partial charge in [0.15, 0.2) is 0 Å². The zero-order valence-corrected chi connectivity index (χ0v) is 12.8. The Kier molecular flexibility index (Phi) is 5.62. The molecule has 0 fully saturated rings. The third-order valence-corrected chi connectivity index (χ3v) is 3.20. The van der Waals surface area contributed by atoms with Crippen molar-refractivity contribution in [2.75, 3.05) is 13.7 Å². The molecule has 1 N–H and O–H groups in total. The predicted octanol–water partition coefficient (Wildman–Crippen LogP) is 1.38. The van der Waals surface area contributed by atoms with E-state index in [0.717, 1.165) is 37.4 Å². The number of aromatic nitrogens is 5. The van der Waals surface area contributed by atoms with Crippen LogP contribution < -0.4 is 10.1 Å². The maximum atomic E-state index is 5.17. The molecule has 1 atom stereocenters. The van der Waals surface area contributed by atoms with Crippen LogP contribution in [0.2, 0.25) is 0 Å². The Hall–Kier alpha value is -2.02. The Morgan fingerprint density at radius 3 is 2.81 bits per heavy atom. The van der Waals surface area contributed by atoms with Gasteiger partial charge in [-0.1, -0.05) is 13.8 Å². The largest absolute Gasteiger partial charge is 0.481 e. The van der Waals surface area contributed by atoms with E-state index in [9.17, 15) is 0 Å². The zero-order valence-electron chi connectivity index (χ0n) is 12.8. The molecule has 21 heavy (non-hydrogen) atoms. The maximum Gasteiger partial charge on any atom is 0.216 e. The maximum absolute atomic E-state index is 5.17. The molecule has 0 saturated heterocycles. The lowest BCUT2D eigenvalue weighted by molar-refractivity contribution is 0.393. The van der Waals surface area contributed by atoms with Crippen LogP contribution in [-0.2, 0) is 13.0 Å². The zero-order chi connectivity index (χ0) is 15.1. The Morgan fingerprint density at radius 2 is 2.10 bits per heavy atom. The number of ether oxygens (including phenoxy) is 1. The van der Waals surface area contributed by atoms with E-state index in [-0.39, 0.29) is 6.04 Å². The van der Waals surface area contributed by atoms with Crippen molar-refractivity contribution < 1.29 is 4.74 Å². The molecule has 0 amide bonds. The first-order chi connectivity index (χ1) is 10.3. The van der Waals surface area contributed by atoms with Gasteiger partial charge in [-0.15, -0.1) is 0 Å². The second-order valence-electron chi connectivity index (χ2n) is 4.70. The van der Waals surface area contributed by atoms with Crippen molar-refractivity contribution in [1.82, 2.24) is 30.0 Å². The minimum absolute atomic E-state index is 0.0618. The standard InChI is InChI=1S/C14H22N6O/c1-4-6-20-13(17-10-19-20)7-11(15-5-2)12-8-14(21-3)18-9-16-12/h8-11,15H,4-7H2,1-3H3. The van der Waals surface area contributed by atoms with Gasteiger partial charge in [0.2, 0.25) is 5.88 Å². The SMILES string of the molecule is CCCn1ncnc1CC(NCC)c1cc(OC)ncn1. The van der Waals surface area contributed by atoms with Gasteiger partial charge in [0.25, 0.3) is 0 Å². The van der Waals surface area contributed by atoms with E-state index in [1.807, 2.05) is 10.7 Å². The average molecular weight is 290 g/mol. The summed E-state index contributed by atoms with van der Waals surface area (Å²) in [4.78, 5) is 12.8. The smallest absolute Gasteiger partial charge is 0.216 e. The van der Waals surface area contributed by atoms with Gasteiger partial charge >= 0.3 is 0 Å². The van der Waals surface area contributed by atoms with Gasteiger partial charge in [0, 0.05) is 19.0 Å². The van der Waals surface area contributed by atoms with Crippen LogP contribution in [0.1, 0.15) is 37.8 Å². The van der Waals surface area contributed by atoms with Crippen molar-refractivity contribution in [2.45, 2.75) is 39.3 Å². The number of methoxy groups -OCH3 is 1. The normalized spacial score (nSPS) is 12.3. The van der Waals surface area contributed by atoms with Crippen LogP contribution in [0.5, 0.6) is 5.88 Å². The van der Waals surface area contributed by atoms with Gasteiger partial charge in [0.05, 0.1) is 18.8 Å². The second-order valence-corrected chi connectivity index (χ2v) is 4.70. The average Bonchev–Trinajstić information content (AvgIpc) is 2.94. The lowest BCUT2D eigenvalue weighted by Gasteiger charge is -2.17. The highest BCUT2D eigenvalue weighted by molar-refractivity contribution is 5.17. The van der Waals surface area contributed by atoms with Gasteiger partial charge in [-0.2, -0.15) is 5.10 Å². The molecule has 0 saturated carbocycles. The van der Waals surface area contributed by atoms with Crippen LogP contribution in [0.3, 0.4) is 0 Å². The van der Waals surface area contributed by atoms with E-state index < -0.39 is 0 Å². The molecule has 2 aromatic heterocycles. The molecular weight excluding hydrogens is 268 g/mol. The Balaban J connectivity index is 2.19. The van der Waals surface area contributed by atoms with Crippen molar-refractivity contribution in [3.8, 4) is 5.88 Å². The van der Waals surface area contributed by atoms with Crippen LogP contribution in [-0.4, -0.2) is 38.4 Å². The highest BCUT2D eigenvalue weighted by Crippen LogP contribution is 2.18. The summed E-state index contributed by atoms with van der Waals surface area (Å²) in [5, 5.41) is 7.70. The van der Waals surface area contributed by atoms with Crippen molar-refractivity contribution in [2.24, 2.45) is 0 Å². The number of nitrogens with zero attached hydrogens (tertiary/aromatic N) is 5. The minimum atomic E-state index is 0.0618. The van der Waals surface area contributed by atoms with Crippen LogP contribution in [0.4, 0.5) is 0 Å². The lowest BCUT2D eigenvalue weighted by atomic mass is 10.1. The number of hydrogen-bond acceptors (Lipinski definition) is 6. The molecule has 1 unspecified atom stereocenters. The Morgan fingerprint density at radius 1 is 1.24 bits per heavy atom. The molecule has 0 bridgehead atoms. The number of hydrogen-bond donors (Lipinski definition) is 1. The summed E-state index contributed by atoms with van der Waals surface area (Å²) in [6, 6.07) is 1.92. The Labute approximate surface area is 124 Å². The second kappa shape index (κ2) is 7.68. The van der Waals surface area contributed by atoms with Gasteiger partial charge in [-0.05, 0) is 13.0 Å². The molecule has 0 aliphatic carbocycles. The number of rotatable bonds is 8. The van der Waals surface area contributed by atoms with E-state index in [0.29, 0.717) is 5.88 Å². The predicted molar refractivity (Wildman–Crippen MR) is 79.0 cm³/mol. The lowest BCUT2D eigenvalue weighted by Crippen LogP contribution is -2.25. The highest BCUT2D eigenvalue weighted by atomic mass is 16.5. The van der Waals surface area contributed by atoms with E-state index >= 15 is 0 Å². The summed E-state index contributed by atoms with van der Waals surface area (Å²) in [7, 11) is 1.60.